The fourth-order valence-electron chi connectivity index (χ4n) is 2.91. The van der Waals surface area contributed by atoms with Crippen LogP contribution in [0, 0.1) is 5.92 Å². The van der Waals surface area contributed by atoms with Crippen molar-refractivity contribution in [3.8, 4) is 0 Å². The molecule has 2 N–H and O–H groups in total. The predicted octanol–water partition coefficient (Wildman–Crippen LogP) is 3.15. The van der Waals surface area contributed by atoms with E-state index < -0.39 is 5.60 Å². The minimum absolute atomic E-state index is 0.0114. The molecule has 0 aliphatic carbocycles. The van der Waals surface area contributed by atoms with Crippen LogP contribution in [0.4, 0.5) is 10.5 Å². The third-order valence-corrected chi connectivity index (χ3v) is 4.23. The Morgan fingerprint density at radius 3 is 2.68 bits per heavy atom. The van der Waals surface area contributed by atoms with Gasteiger partial charge in [0.2, 0.25) is 5.91 Å². The lowest BCUT2D eigenvalue weighted by Gasteiger charge is -2.32. The number of nitrogens with zero attached hydrogens (tertiary/aromatic N) is 2. The number of carbonyl (C=O) groups excluding carboxylic acids is 2. The van der Waals surface area contributed by atoms with Crippen LogP contribution in [0.2, 0.25) is 0 Å². The van der Waals surface area contributed by atoms with Crippen molar-refractivity contribution in [2.24, 2.45) is 5.92 Å². The summed E-state index contributed by atoms with van der Waals surface area (Å²) >= 11 is 0. The van der Waals surface area contributed by atoms with E-state index in [4.69, 9.17) is 4.74 Å². The van der Waals surface area contributed by atoms with Crippen LogP contribution < -0.4 is 5.32 Å². The highest BCUT2D eigenvalue weighted by molar-refractivity contribution is 5.94. The quantitative estimate of drug-likeness (QED) is 0.876. The first-order chi connectivity index (χ1) is 11.8. The number of aromatic amines is 1. The van der Waals surface area contributed by atoms with Gasteiger partial charge in [-0.1, -0.05) is 0 Å². The maximum Gasteiger partial charge on any atom is 0.410 e. The number of nitrogens with one attached hydrogen (secondary N) is 2. The second-order valence-corrected chi connectivity index (χ2v) is 7.40. The molecule has 7 heteroatoms. The summed E-state index contributed by atoms with van der Waals surface area (Å²) in [7, 11) is 0. The number of hydrogen-bond donors (Lipinski definition) is 2. The minimum Gasteiger partial charge on any atom is -0.444 e. The van der Waals surface area contributed by atoms with Crippen molar-refractivity contribution in [3.63, 3.8) is 0 Å². The monoisotopic (exact) mass is 344 g/mol. The van der Waals surface area contributed by atoms with Crippen molar-refractivity contribution in [2.75, 3.05) is 18.4 Å². The van der Waals surface area contributed by atoms with Gasteiger partial charge in [0.25, 0.3) is 0 Å². The average molecular weight is 344 g/mol. The Morgan fingerprint density at radius 1 is 1.28 bits per heavy atom. The van der Waals surface area contributed by atoms with Crippen LogP contribution in [0.5, 0.6) is 0 Å². The number of ether oxygens (including phenoxy) is 1. The number of H-pyrrole nitrogens is 1. The molecule has 2 aromatic rings. The van der Waals surface area contributed by atoms with Crippen molar-refractivity contribution in [3.05, 3.63) is 24.4 Å². The molecular formula is C18H24N4O3. The summed E-state index contributed by atoms with van der Waals surface area (Å²) in [6.45, 7) is 6.62. The van der Waals surface area contributed by atoms with Gasteiger partial charge >= 0.3 is 6.09 Å². The molecule has 7 nitrogen and oxygen atoms in total. The summed E-state index contributed by atoms with van der Waals surface area (Å²) in [6.07, 6.45) is 2.71. The van der Waals surface area contributed by atoms with Crippen LogP contribution in [0.1, 0.15) is 33.6 Å². The van der Waals surface area contributed by atoms with E-state index in [1.54, 1.807) is 11.1 Å². The summed E-state index contributed by atoms with van der Waals surface area (Å²) in [4.78, 5) is 26.2. The molecule has 134 valence electrons. The third-order valence-electron chi connectivity index (χ3n) is 4.23. The lowest BCUT2D eigenvalue weighted by atomic mass is 9.96. The summed E-state index contributed by atoms with van der Waals surface area (Å²) < 4.78 is 5.38. The van der Waals surface area contributed by atoms with Crippen molar-refractivity contribution < 1.29 is 14.3 Å². The molecule has 1 fully saturated rings. The zero-order valence-corrected chi connectivity index (χ0v) is 14.8. The molecule has 25 heavy (non-hydrogen) atoms. The van der Waals surface area contributed by atoms with Crippen LogP contribution in [0.3, 0.4) is 0 Å². The van der Waals surface area contributed by atoms with E-state index in [9.17, 15) is 9.59 Å². The van der Waals surface area contributed by atoms with Gasteiger partial charge in [0, 0.05) is 30.1 Å². The number of piperidine rings is 1. The molecule has 0 saturated carbocycles. The van der Waals surface area contributed by atoms with Crippen molar-refractivity contribution in [2.45, 2.75) is 39.2 Å². The first kappa shape index (κ1) is 17.3. The number of aromatic nitrogens is 2. The SMILES string of the molecule is CC(C)(C)OC(=O)N1CCC(C(=O)Nc2ccc3cn[nH]c3c2)CC1. The number of rotatable bonds is 2. The van der Waals surface area contributed by atoms with Gasteiger partial charge in [0.15, 0.2) is 0 Å². The van der Waals surface area contributed by atoms with E-state index in [2.05, 4.69) is 15.5 Å². The lowest BCUT2D eigenvalue weighted by Crippen LogP contribution is -2.43. The Labute approximate surface area is 146 Å². The summed E-state index contributed by atoms with van der Waals surface area (Å²) in [5.74, 6) is -0.112. The number of carbonyl (C=O) groups is 2. The van der Waals surface area contributed by atoms with Gasteiger partial charge in [-0.15, -0.1) is 0 Å². The van der Waals surface area contributed by atoms with Gasteiger partial charge in [-0.05, 0) is 51.8 Å². The predicted molar refractivity (Wildman–Crippen MR) is 95.3 cm³/mol. The van der Waals surface area contributed by atoms with E-state index in [1.807, 2.05) is 39.0 Å². The molecule has 0 bridgehead atoms. The molecule has 1 aromatic heterocycles. The Kier molecular flexibility index (Phi) is 4.65. The van der Waals surface area contributed by atoms with Crippen LogP contribution in [-0.4, -0.2) is 45.8 Å². The third kappa shape index (κ3) is 4.29. The average Bonchev–Trinajstić information content (AvgIpc) is 3.01. The number of amides is 2. The van der Waals surface area contributed by atoms with Crippen LogP contribution in [-0.2, 0) is 9.53 Å². The van der Waals surface area contributed by atoms with Gasteiger partial charge in [0.05, 0.1) is 11.7 Å². The van der Waals surface area contributed by atoms with Gasteiger partial charge in [-0.2, -0.15) is 5.10 Å². The Bertz CT molecular complexity index is 770. The molecule has 1 saturated heterocycles. The normalized spacial score (nSPS) is 16.0. The number of hydrogen-bond acceptors (Lipinski definition) is 4. The summed E-state index contributed by atoms with van der Waals surface area (Å²) in [6, 6.07) is 5.65. The highest BCUT2D eigenvalue weighted by atomic mass is 16.6. The number of fused-ring (bicyclic) bond motifs is 1. The highest BCUT2D eigenvalue weighted by Crippen LogP contribution is 2.22. The van der Waals surface area contributed by atoms with Crippen molar-refractivity contribution >= 4 is 28.6 Å². The largest absolute Gasteiger partial charge is 0.444 e. The Morgan fingerprint density at radius 2 is 2.00 bits per heavy atom. The van der Waals surface area contributed by atoms with E-state index >= 15 is 0 Å². The van der Waals surface area contributed by atoms with Crippen molar-refractivity contribution in [1.82, 2.24) is 15.1 Å². The fourth-order valence-corrected chi connectivity index (χ4v) is 2.91. The fraction of sp³-hybridized carbons (Fsp3) is 0.500. The molecule has 0 radical (unpaired) electrons. The Hall–Kier alpha value is -2.57. The Balaban J connectivity index is 1.53. The maximum atomic E-state index is 12.5. The number of likely N-dealkylation sites (tertiary alicyclic amines) is 1. The van der Waals surface area contributed by atoms with Gasteiger partial charge in [0.1, 0.15) is 5.60 Å². The molecule has 2 heterocycles. The van der Waals surface area contributed by atoms with Crippen LogP contribution in [0.25, 0.3) is 10.9 Å². The minimum atomic E-state index is -0.503. The molecule has 2 amide bonds. The molecule has 0 unspecified atom stereocenters. The second-order valence-electron chi connectivity index (χ2n) is 7.40. The van der Waals surface area contributed by atoms with E-state index in [0.29, 0.717) is 25.9 Å². The van der Waals surface area contributed by atoms with E-state index in [0.717, 1.165) is 16.6 Å². The number of benzene rings is 1. The van der Waals surface area contributed by atoms with Crippen molar-refractivity contribution in [1.29, 1.82) is 0 Å². The highest BCUT2D eigenvalue weighted by Gasteiger charge is 2.29. The zero-order chi connectivity index (χ0) is 18.0. The standard InChI is InChI=1S/C18H24N4O3/c1-18(2,3)25-17(24)22-8-6-12(7-9-22)16(23)20-14-5-4-13-11-19-21-15(13)10-14/h4-5,10-12H,6-9H2,1-3H3,(H,19,21)(H,20,23). The van der Waals surface area contributed by atoms with Gasteiger partial charge in [-0.25, -0.2) is 4.79 Å². The maximum absolute atomic E-state index is 12.5. The van der Waals surface area contributed by atoms with Gasteiger partial charge in [-0.3, -0.25) is 9.89 Å². The lowest BCUT2D eigenvalue weighted by molar-refractivity contribution is -0.121. The van der Waals surface area contributed by atoms with Gasteiger partial charge < -0.3 is 15.0 Å². The summed E-state index contributed by atoms with van der Waals surface area (Å²) in [5, 5.41) is 10.8. The molecule has 1 aliphatic heterocycles. The smallest absolute Gasteiger partial charge is 0.410 e. The molecule has 0 spiro atoms. The molecule has 0 atom stereocenters. The van der Waals surface area contributed by atoms with Crippen LogP contribution >= 0.6 is 0 Å². The first-order valence-corrected chi connectivity index (χ1v) is 8.54. The number of anilines is 1. The molecule has 1 aliphatic rings. The summed E-state index contributed by atoms with van der Waals surface area (Å²) in [5.41, 5.74) is 1.13. The van der Waals surface area contributed by atoms with E-state index in [1.165, 1.54) is 0 Å². The second kappa shape index (κ2) is 6.74. The topological polar surface area (TPSA) is 87.3 Å². The zero-order valence-electron chi connectivity index (χ0n) is 14.8. The molecule has 3 rings (SSSR count). The van der Waals surface area contributed by atoms with Crippen LogP contribution in [0.15, 0.2) is 24.4 Å². The van der Waals surface area contributed by atoms with E-state index in [-0.39, 0.29) is 17.9 Å². The first-order valence-electron chi connectivity index (χ1n) is 8.54. The molecule has 1 aromatic carbocycles. The molecular weight excluding hydrogens is 320 g/mol.